The average Bonchev–Trinajstić information content (AvgIpc) is 3.72. The van der Waals surface area contributed by atoms with Gasteiger partial charge >= 0.3 is 11.9 Å². The van der Waals surface area contributed by atoms with E-state index in [0.717, 1.165) is 18.4 Å². The molecule has 4 aromatic rings. The van der Waals surface area contributed by atoms with Gasteiger partial charge in [0.2, 0.25) is 0 Å². The van der Waals surface area contributed by atoms with E-state index in [1.165, 1.54) is 72.9 Å². The maximum atomic E-state index is 12.5. The zero-order chi connectivity index (χ0) is 40.1. The van der Waals surface area contributed by atoms with Gasteiger partial charge in [-0.25, -0.2) is 36.4 Å². The van der Waals surface area contributed by atoms with Crippen molar-refractivity contribution in [1.82, 2.24) is 18.6 Å². The third kappa shape index (κ3) is 8.67. The van der Waals surface area contributed by atoms with E-state index in [1.54, 1.807) is 36.7 Å². The Hall–Kier alpha value is -6.28. The van der Waals surface area contributed by atoms with Gasteiger partial charge in [0.25, 0.3) is 31.9 Å². The third-order valence-corrected chi connectivity index (χ3v) is 12.3. The number of aliphatic carboxylic acids is 2. The van der Waals surface area contributed by atoms with Crippen molar-refractivity contribution in [3.8, 4) is 11.8 Å². The molecule has 2 aliphatic heterocycles. The van der Waals surface area contributed by atoms with Crippen LogP contribution in [0.25, 0.3) is 11.5 Å². The third-order valence-electron chi connectivity index (χ3n) is 7.03. The molecule has 6 rings (SSSR count). The summed E-state index contributed by atoms with van der Waals surface area (Å²) in [5.41, 5.74) is -0.467. The Bertz CT molecular complexity index is 2360. The first kappa shape index (κ1) is 40.5. The number of anilines is 2. The van der Waals surface area contributed by atoms with E-state index in [2.05, 4.69) is 20.6 Å². The molecule has 2 aliphatic rings. The zero-order valence-corrected chi connectivity index (χ0v) is 31.5. The summed E-state index contributed by atoms with van der Waals surface area (Å²) in [6.07, 6.45) is 3.18. The number of likely N-dealkylation sites (N-methyl/N-ethyl adjacent to an activating group) is 2. The van der Waals surface area contributed by atoms with Crippen LogP contribution in [0.2, 0.25) is 0 Å². The standard InChI is InChI=1S/2C14H13N3O4S2.C4H2O4/c2*1-8-7-15-14(22-8)16-13(19)11-12(18)9-5-3-4-6-10(9)23(20,21)17(11)2;5-3(6)1-2-4(7)8/h2*3-7,18H,1-2H3,(H,15,16,19);(H,5,6)(H,7,8). The molecule has 0 fully saturated rings. The lowest BCUT2D eigenvalue weighted by atomic mass is 10.1. The Morgan fingerprint density at radius 1 is 0.648 bits per heavy atom. The number of hydrogen-bond acceptors (Lipinski definition) is 14. The molecular formula is C32H28N6O12S4. The van der Waals surface area contributed by atoms with Crippen LogP contribution >= 0.6 is 22.7 Å². The molecular weight excluding hydrogens is 789 g/mol. The quantitative estimate of drug-likeness (QED) is 0.162. The first-order valence-electron chi connectivity index (χ1n) is 14.8. The van der Waals surface area contributed by atoms with Gasteiger partial charge in [-0.3, -0.25) is 28.8 Å². The lowest BCUT2D eigenvalue weighted by Crippen LogP contribution is -2.37. The Kier molecular flexibility index (Phi) is 12.1. The van der Waals surface area contributed by atoms with Crippen LogP contribution in [0.3, 0.4) is 0 Å². The Morgan fingerprint density at radius 2 is 0.981 bits per heavy atom. The molecule has 0 saturated carbocycles. The summed E-state index contributed by atoms with van der Waals surface area (Å²) < 4.78 is 51.6. The number of benzene rings is 2. The predicted octanol–water partition coefficient (Wildman–Crippen LogP) is 3.06. The minimum atomic E-state index is -3.90. The van der Waals surface area contributed by atoms with E-state index in [1.807, 2.05) is 13.8 Å². The van der Waals surface area contributed by atoms with Crippen LogP contribution in [0.15, 0.2) is 82.1 Å². The summed E-state index contributed by atoms with van der Waals surface area (Å²) in [5.74, 6) is -2.30. The summed E-state index contributed by atoms with van der Waals surface area (Å²) in [6, 6.07) is 12.0. The van der Waals surface area contributed by atoms with Crippen molar-refractivity contribution in [3.63, 3.8) is 0 Å². The number of nitrogens with zero attached hydrogens (tertiary/aromatic N) is 4. The number of rotatable bonds is 4. The molecule has 0 atom stereocenters. The van der Waals surface area contributed by atoms with Crippen LogP contribution in [-0.2, 0) is 39.2 Å². The fourth-order valence-electron chi connectivity index (χ4n) is 4.61. The van der Waals surface area contributed by atoms with E-state index in [0.29, 0.717) is 10.3 Å². The van der Waals surface area contributed by atoms with Crippen molar-refractivity contribution in [1.29, 1.82) is 0 Å². The first-order chi connectivity index (χ1) is 25.3. The number of aryl methyl sites for hydroxylation is 2. The van der Waals surface area contributed by atoms with Gasteiger partial charge in [0.1, 0.15) is 0 Å². The van der Waals surface area contributed by atoms with Crippen LogP contribution in [0.4, 0.5) is 10.3 Å². The van der Waals surface area contributed by atoms with Gasteiger partial charge in [0, 0.05) is 59.2 Å². The number of sulfonamides is 2. The highest BCUT2D eigenvalue weighted by molar-refractivity contribution is 7.89. The second-order valence-electron chi connectivity index (χ2n) is 10.7. The largest absolute Gasteiger partial charge is 0.505 e. The minimum Gasteiger partial charge on any atom is -0.505 e. The number of aliphatic hydroxyl groups excluding tert-OH is 2. The number of carbonyl (C=O) groups is 4. The predicted molar refractivity (Wildman–Crippen MR) is 196 cm³/mol. The Balaban J connectivity index is 0.000000201. The number of carboxylic acids is 2. The summed E-state index contributed by atoms with van der Waals surface area (Å²) in [5, 5.41) is 41.9. The molecule has 0 radical (unpaired) electrons. The molecule has 0 spiro atoms. The zero-order valence-electron chi connectivity index (χ0n) is 28.3. The van der Waals surface area contributed by atoms with Crippen molar-refractivity contribution in [3.05, 3.63) is 93.2 Å². The normalized spacial score (nSPS) is 14.7. The first-order valence-corrected chi connectivity index (χ1v) is 19.3. The van der Waals surface area contributed by atoms with Crippen molar-refractivity contribution in [2.24, 2.45) is 0 Å². The molecule has 2 aromatic heterocycles. The summed E-state index contributed by atoms with van der Waals surface area (Å²) in [7, 11) is -5.34. The molecule has 54 heavy (non-hydrogen) atoms. The molecule has 0 bridgehead atoms. The molecule has 0 unspecified atom stereocenters. The number of nitrogens with one attached hydrogen (secondary N) is 2. The maximum Gasteiger partial charge on any atom is 0.382 e. The van der Waals surface area contributed by atoms with E-state index < -0.39 is 43.8 Å². The summed E-state index contributed by atoms with van der Waals surface area (Å²) in [4.78, 5) is 53.5. The number of hydrogen-bond donors (Lipinski definition) is 6. The van der Waals surface area contributed by atoms with Gasteiger partial charge in [-0.2, -0.15) is 0 Å². The molecule has 2 aromatic carbocycles. The van der Waals surface area contributed by atoms with Gasteiger partial charge in [0.15, 0.2) is 33.2 Å². The van der Waals surface area contributed by atoms with E-state index in [4.69, 9.17) is 10.2 Å². The lowest BCUT2D eigenvalue weighted by molar-refractivity contribution is -0.132. The van der Waals surface area contributed by atoms with E-state index in [-0.39, 0.29) is 43.8 Å². The second kappa shape index (κ2) is 16.2. The number of fused-ring (bicyclic) bond motifs is 2. The Morgan fingerprint density at radius 3 is 1.28 bits per heavy atom. The number of carbonyl (C=O) groups excluding carboxylic acids is 2. The second-order valence-corrected chi connectivity index (χ2v) is 17.0. The fraction of sp³-hybridized carbons (Fsp3) is 0.125. The molecule has 2 amide bonds. The molecule has 4 heterocycles. The van der Waals surface area contributed by atoms with Gasteiger partial charge in [-0.15, -0.1) is 22.7 Å². The van der Waals surface area contributed by atoms with Crippen LogP contribution < -0.4 is 10.6 Å². The number of aliphatic hydroxyl groups is 2. The lowest BCUT2D eigenvalue weighted by Gasteiger charge is -2.28. The fourth-order valence-corrected chi connectivity index (χ4v) is 8.72. The summed E-state index contributed by atoms with van der Waals surface area (Å²) >= 11 is 2.51. The number of thiazole rings is 2. The average molecular weight is 817 g/mol. The molecule has 0 saturated heterocycles. The van der Waals surface area contributed by atoms with Crippen molar-refractivity contribution in [2.75, 3.05) is 24.7 Å². The Labute approximate surface area is 315 Å². The van der Waals surface area contributed by atoms with Gasteiger partial charge < -0.3 is 20.4 Å². The van der Waals surface area contributed by atoms with E-state index >= 15 is 0 Å². The van der Waals surface area contributed by atoms with Crippen LogP contribution in [0.5, 0.6) is 0 Å². The van der Waals surface area contributed by atoms with Crippen molar-refractivity contribution < 1.29 is 56.4 Å². The molecule has 18 nitrogen and oxygen atoms in total. The van der Waals surface area contributed by atoms with Crippen LogP contribution in [0.1, 0.15) is 20.9 Å². The number of carboxylic acid groups (broad SMARTS) is 2. The highest BCUT2D eigenvalue weighted by Gasteiger charge is 2.39. The maximum absolute atomic E-state index is 12.5. The van der Waals surface area contributed by atoms with Crippen molar-refractivity contribution in [2.45, 2.75) is 23.6 Å². The minimum absolute atomic E-state index is 0.0401. The molecule has 6 N–H and O–H groups in total. The highest BCUT2D eigenvalue weighted by Crippen LogP contribution is 2.36. The van der Waals surface area contributed by atoms with Gasteiger partial charge in [-0.05, 0) is 38.1 Å². The topological polar surface area (TPSA) is 274 Å². The van der Waals surface area contributed by atoms with Gasteiger partial charge in [-0.1, -0.05) is 24.3 Å². The summed E-state index contributed by atoms with van der Waals surface area (Å²) in [6.45, 7) is 3.66. The monoisotopic (exact) mass is 816 g/mol. The molecule has 0 aliphatic carbocycles. The van der Waals surface area contributed by atoms with E-state index in [9.17, 15) is 46.2 Å². The SMILES string of the molecule is Cc1cnc(NC(=O)C2=C(O)c3ccccc3S(=O)(=O)N2C)s1.Cc1cnc(NC(=O)C2=C(O)c3ccccc3S(=O)(=O)N2C)s1.O=C(O)C#CC(=O)O. The van der Waals surface area contributed by atoms with Crippen molar-refractivity contribution >= 4 is 88.3 Å². The smallest absolute Gasteiger partial charge is 0.382 e. The highest BCUT2D eigenvalue weighted by atomic mass is 32.2. The van der Waals surface area contributed by atoms with Crippen LogP contribution in [-0.4, -0.2) is 93.7 Å². The van der Waals surface area contributed by atoms with Gasteiger partial charge in [0.05, 0.1) is 9.79 Å². The number of aromatic nitrogens is 2. The molecule has 282 valence electrons. The van der Waals surface area contributed by atoms with Crippen LogP contribution in [0, 0.1) is 25.7 Å². The molecule has 22 heteroatoms. The number of amides is 2.